The molecule has 0 saturated heterocycles. The first-order valence-corrected chi connectivity index (χ1v) is 7.05. The molecule has 4 nitrogen and oxygen atoms in total. The van der Waals surface area contributed by atoms with Crippen LogP contribution in [0.15, 0.2) is 24.5 Å². The van der Waals surface area contributed by atoms with E-state index >= 15 is 0 Å². The Morgan fingerprint density at radius 2 is 1.74 bits per heavy atom. The maximum Gasteiger partial charge on any atom is 0.180 e. The van der Waals surface area contributed by atoms with E-state index in [1.54, 1.807) is 12.4 Å². The lowest BCUT2D eigenvalue weighted by atomic mass is 9.80. The van der Waals surface area contributed by atoms with Crippen molar-refractivity contribution in [3.05, 3.63) is 24.5 Å². The van der Waals surface area contributed by atoms with Crippen LogP contribution >= 0.6 is 0 Å². The normalized spacial score (nSPS) is 27.4. The molecule has 3 rings (SSSR count). The molecule has 1 fully saturated rings. The molecule has 1 aliphatic carbocycles. The maximum absolute atomic E-state index is 4.53. The van der Waals surface area contributed by atoms with Crippen molar-refractivity contribution in [2.75, 3.05) is 5.32 Å². The van der Waals surface area contributed by atoms with Gasteiger partial charge in [-0.05, 0) is 43.2 Å². The van der Waals surface area contributed by atoms with Crippen molar-refractivity contribution in [2.45, 2.75) is 39.2 Å². The second kappa shape index (κ2) is 5.11. The van der Waals surface area contributed by atoms with Crippen LogP contribution in [0.1, 0.15) is 33.1 Å². The molecule has 0 bridgehead atoms. The molecule has 1 N–H and O–H groups in total. The number of pyridine rings is 1. The Balaban J connectivity index is 1.77. The summed E-state index contributed by atoms with van der Waals surface area (Å²) in [6.45, 7) is 4.67. The first kappa shape index (κ1) is 12.3. The zero-order valence-electron chi connectivity index (χ0n) is 11.5. The monoisotopic (exact) mass is 256 g/mol. The molecule has 2 aromatic rings. The molecule has 2 atom stereocenters. The molecular weight excluding hydrogens is 236 g/mol. The number of hydrogen-bond donors (Lipinski definition) is 1. The minimum Gasteiger partial charge on any atom is -0.367 e. The van der Waals surface area contributed by atoms with Gasteiger partial charge >= 0.3 is 0 Å². The number of hydrogen-bond acceptors (Lipinski definition) is 4. The van der Waals surface area contributed by atoms with E-state index in [0.29, 0.717) is 11.7 Å². The van der Waals surface area contributed by atoms with Gasteiger partial charge in [-0.15, -0.1) is 0 Å². The van der Waals surface area contributed by atoms with E-state index in [1.165, 1.54) is 19.3 Å². The van der Waals surface area contributed by atoms with Gasteiger partial charge in [0.05, 0.1) is 0 Å². The molecule has 0 radical (unpaired) electrons. The molecule has 0 spiro atoms. The van der Waals surface area contributed by atoms with E-state index in [2.05, 4.69) is 34.1 Å². The molecule has 0 aromatic carbocycles. The quantitative estimate of drug-likeness (QED) is 0.896. The molecule has 19 heavy (non-hydrogen) atoms. The number of nitrogens with one attached hydrogen (secondary N) is 1. The average Bonchev–Trinajstić information content (AvgIpc) is 2.37. The van der Waals surface area contributed by atoms with Crippen LogP contribution in [0.2, 0.25) is 0 Å². The maximum atomic E-state index is 4.53. The van der Waals surface area contributed by atoms with Crippen molar-refractivity contribution in [3.8, 4) is 0 Å². The molecule has 0 aliphatic heterocycles. The predicted molar refractivity (Wildman–Crippen MR) is 76.9 cm³/mol. The predicted octanol–water partition coefficient (Wildman–Crippen LogP) is 3.26. The molecule has 1 aliphatic rings. The van der Waals surface area contributed by atoms with Gasteiger partial charge in [-0.1, -0.05) is 13.8 Å². The van der Waals surface area contributed by atoms with Gasteiger partial charge in [0.25, 0.3) is 0 Å². The third-order valence-electron chi connectivity index (χ3n) is 3.86. The summed E-state index contributed by atoms with van der Waals surface area (Å²) in [5, 5.41) is 3.55. The van der Waals surface area contributed by atoms with E-state index in [9.17, 15) is 0 Å². The summed E-state index contributed by atoms with van der Waals surface area (Å²) in [6, 6.07) is 4.51. The summed E-state index contributed by atoms with van der Waals surface area (Å²) in [4.78, 5) is 13.0. The molecule has 100 valence electrons. The van der Waals surface area contributed by atoms with Gasteiger partial charge in [-0.3, -0.25) is 4.98 Å². The third kappa shape index (κ3) is 2.83. The highest BCUT2D eigenvalue weighted by atomic mass is 15.0. The highest BCUT2D eigenvalue weighted by Gasteiger charge is 2.23. The Kier molecular flexibility index (Phi) is 3.32. The lowest BCUT2D eigenvalue weighted by Crippen LogP contribution is -2.30. The number of nitrogens with zero attached hydrogens (tertiary/aromatic N) is 3. The van der Waals surface area contributed by atoms with Crippen molar-refractivity contribution >= 4 is 17.0 Å². The fourth-order valence-electron chi connectivity index (χ4n) is 3.21. The second-order valence-electron chi connectivity index (χ2n) is 5.85. The van der Waals surface area contributed by atoms with Crippen LogP contribution in [0.3, 0.4) is 0 Å². The molecule has 2 aromatic heterocycles. The standard InChI is InChI=1S/C15H20N4/c1-10-7-11(2)9-12(8-10)18-14-4-3-13-15(19-14)17-6-5-16-13/h3-6,10-12H,7-9H2,1-2H3,(H,17,18,19). The lowest BCUT2D eigenvalue weighted by molar-refractivity contribution is 0.280. The van der Waals surface area contributed by atoms with Crippen LogP contribution in [-0.2, 0) is 0 Å². The van der Waals surface area contributed by atoms with E-state index in [4.69, 9.17) is 0 Å². The molecule has 1 saturated carbocycles. The fourth-order valence-corrected chi connectivity index (χ4v) is 3.21. The van der Waals surface area contributed by atoms with Gasteiger partial charge in [0.1, 0.15) is 11.3 Å². The van der Waals surface area contributed by atoms with Gasteiger partial charge in [-0.25, -0.2) is 9.97 Å². The van der Waals surface area contributed by atoms with E-state index < -0.39 is 0 Å². The van der Waals surface area contributed by atoms with Gasteiger partial charge in [-0.2, -0.15) is 0 Å². The molecular formula is C15H20N4. The summed E-state index contributed by atoms with van der Waals surface area (Å²) in [5.41, 5.74) is 1.56. The minimum absolute atomic E-state index is 0.528. The Morgan fingerprint density at radius 1 is 1.00 bits per heavy atom. The van der Waals surface area contributed by atoms with Crippen LogP contribution in [0.4, 0.5) is 5.82 Å². The highest BCUT2D eigenvalue weighted by molar-refractivity contribution is 5.71. The average molecular weight is 256 g/mol. The van der Waals surface area contributed by atoms with Crippen molar-refractivity contribution in [1.29, 1.82) is 0 Å². The van der Waals surface area contributed by atoms with E-state index in [-0.39, 0.29) is 0 Å². The number of aromatic nitrogens is 3. The van der Waals surface area contributed by atoms with Crippen molar-refractivity contribution in [2.24, 2.45) is 11.8 Å². The molecule has 2 unspecified atom stereocenters. The minimum atomic E-state index is 0.528. The largest absolute Gasteiger partial charge is 0.367 e. The summed E-state index contributed by atoms with van der Waals surface area (Å²) >= 11 is 0. The molecule has 4 heteroatoms. The van der Waals surface area contributed by atoms with Crippen molar-refractivity contribution < 1.29 is 0 Å². The van der Waals surface area contributed by atoms with Crippen molar-refractivity contribution in [3.63, 3.8) is 0 Å². The van der Waals surface area contributed by atoms with Gasteiger partial charge in [0.2, 0.25) is 0 Å². The van der Waals surface area contributed by atoms with Crippen LogP contribution in [0.5, 0.6) is 0 Å². The summed E-state index contributed by atoms with van der Waals surface area (Å²) in [6.07, 6.45) is 7.18. The lowest BCUT2D eigenvalue weighted by Gasteiger charge is -2.32. The Bertz CT molecular complexity index is 559. The SMILES string of the molecule is CC1CC(C)CC(Nc2ccc3nccnc3n2)C1. The van der Waals surface area contributed by atoms with Crippen LogP contribution in [0.25, 0.3) is 11.2 Å². The smallest absolute Gasteiger partial charge is 0.180 e. The Hall–Kier alpha value is -1.71. The first-order chi connectivity index (χ1) is 9.20. The van der Waals surface area contributed by atoms with Crippen LogP contribution in [-0.4, -0.2) is 21.0 Å². The van der Waals surface area contributed by atoms with E-state index in [0.717, 1.165) is 23.2 Å². The third-order valence-corrected chi connectivity index (χ3v) is 3.86. The van der Waals surface area contributed by atoms with Crippen molar-refractivity contribution in [1.82, 2.24) is 15.0 Å². The second-order valence-corrected chi connectivity index (χ2v) is 5.85. The van der Waals surface area contributed by atoms with Gasteiger partial charge in [0.15, 0.2) is 5.65 Å². The van der Waals surface area contributed by atoms with Crippen LogP contribution in [0, 0.1) is 11.8 Å². The summed E-state index contributed by atoms with van der Waals surface area (Å²) in [5.74, 6) is 2.50. The zero-order chi connectivity index (χ0) is 13.2. The highest BCUT2D eigenvalue weighted by Crippen LogP contribution is 2.30. The molecule has 2 heterocycles. The number of rotatable bonds is 2. The summed E-state index contributed by atoms with van der Waals surface area (Å²) in [7, 11) is 0. The summed E-state index contributed by atoms with van der Waals surface area (Å²) < 4.78 is 0. The van der Waals surface area contributed by atoms with Gasteiger partial charge in [0, 0.05) is 18.4 Å². The van der Waals surface area contributed by atoms with Gasteiger partial charge < -0.3 is 5.32 Å². The Morgan fingerprint density at radius 3 is 2.53 bits per heavy atom. The molecule has 0 amide bonds. The topological polar surface area (TPSA) is 50.7 Å². The number of anilines is 1. The van der Waals surface area contributed by atoms with E-state index in [1.807, 2.05) is 12.1 Å². The Labute approximate surface area is 113 Å². The van der Waals surface area contributed by atoms with Crippen LogP contribution < -0.4 is 5.32 Å². The first-order valence-electron chi connectivity index (χ1n) is 7.05. The fraction of sp³-hybridized carbons (Fsp3) is 0.533. The number of fused-ring (bicyclic) bond motifs is 1. The zero-order valence-corrected chi connectivity index (χ0v) is 11.5.